The quantitative estimate of drug-likeness (QED) is 0.700. The van der Waals surface area contributed by atoms with Gasteiger partial charge in [-0.05, 0) is 36.6 Å². The minimum Gasteiger partial charge on any atom is -0.353 e. The Morgan fingerprint density at radius 3 is 2.86 bits per heavy atom. The number of hydrogen-bond acceptors (Lipinski definition) is 5. The molecular weight excluding hydrogens is 380 g/mol. The largest absolute Gasteiger partial charge is 0.353 e. The summed E-state index contributed by atoms with van der Waals surface area (Å²) in [5, 5.41) is 14.4. The molecule has 152 valence electrons. The molecule has 0 aliphatic carbocycles. The van der Waals surface area contributed by atoms with E-state index in [-0.39, 0.29) is 11.4 Å². The fourth-order valence-electron chi connectivity index (χ4n) is 4.29. The average Bonchev–Trinajstić information content (AvgIpc) is 3.37. The smallest absolute Gasteiger partial charge is 0.284 e. The lowest BCUT2D eigenvalue weighted by atomic mass is 10.0. The second-order valence-electron chi connectivity index (χ2n) is 7.72. The Kier molecular flexibility index (Phi) is 4.23. The second kappa shape index (κ2) is 6.80. The van der Waals surface area contributed by atoms with E-state index >= 15 is 0 Å². The van der Waals surface area contributed by atoms with Gasteiger partial charge in [0, 0.05) is 38.9 Å². The molecule has 2 unspecified atom stereocenters. The Bertz CT molecular complexity index is 1060. The molecule has 0 spiro atoms. The van der Waals surface area contributed by atoms with E-state index < -0.39 is 18.0 Å². The van der Waals surface area contributed by atoms with E-state index in [2.05, 4.69) is 25.7 Å². The molecule has 2 N–H and O–H groups in total. The van der Waals surface area contributed by atoms with E-state index in [0.717, 1.165) is 31.0 Å². The van der Waals surface area contributed by atoms with Gasteiger partial charge in [0.25, 0.3) is 12.3 Å². The predicted octanol–water partition coefficient (Wildman–Crippen LogP) is 2.06. The minimum atomic E-state index is -2.77. The van der Waals surface area contributed by atoms with Crippen LogP contribution in [0.1, 0.15) is 29.0 Å². The van der Waals surface area contributed by atoms with Gasteiger partial charge in [0.2, 0.25) is 0 Å². The maximum atomic E-state index is 13.2. The number of nitrogens with zero attached hydrogens (tertiary/aromatic N) is 5. The van der Waals surface area contributed by atoms with Crippen molar-refractivity contribution in [2.24, 2.45) is 13.0 Å². The number of alkyl halides is 2. The standard InChI is InChI=1S/C19H21F2N7O/c1-26-10-14(17(25-26)18(20)21)23-19(29)15-4-2-13-3-5-16(24-28(13)15)27-8-11-6-12(9-27)22-7-11/h2-5,10-12,18,22H,6-9H2,1H3,(H,23,29). The van der Waals surface area contributed by atoms with E-state index in [0.29, 0.717) is 12.0 Å². The number of halogens is 2. The molecule has 29 heavy (non-hydrogen) atoms. The Labute approximate surface area is 165 Å². The summed E-state index contributed by atoms with van der Waals surface area (Å²) in [4.78, 5) is 15.0. The summed E-state index contributed by atoms with van der Waals surface area (Å²) in [6, 6.07) is 7.76. The van der Waals surface area contributed by atoms with Crippen LogP contribution in [0.25, 0.3) is 5.52 Å². The zero-order valence-electron chi connectivity index (χ0n) is 15.8. The molecule has 3 aromatic rings. The molecule has 5 rings (SSSR count). The lowest BCUT2D eigenvalue weighted by molar-refractivity contribution is 0.101. The molecule has 0 radical (unpaired) electrons. The first-order chi connectivity index (χ1) is 14.0. The van der Waals surface area contributed by atoms with Crippen LogP contribution in [-0.4, -0.2) is 51.0 Å². The van der Waals surface area contributed by atoms with Gasteiger partial charge in [0.15, 0.2) is 5.69 Å². The third-order valence-corrected chi connectivity index (χ3v) is 5.59. The van der Waals surface area contributed by atoms with E-state index in [1.54, 1.807) is 16.6 Å². The lowest BCUT2D eigenvalue weighted by Crippen LogP contribution is -2.41. The van der Waals surface area contributed by atoms with Gasteiger partial charge in [-0.25, -0.2) is 13.3 Å². The molecule has 5 heterocycles. The third-order valence-electron chi connectivity index (χ3n) is 5.59. The van der Waals surface area contributed by atoms with Crippen LogP contribution >= 0.6 is 0 Å². The number of fused-ring (bicyclic) bond motifs is 3. The number of anilines is 2. The zero-order chi connectivity index (χ0) is 20.1. The van der Waals surface area contributed by atoms with Crippen LogP contribution in [-0.2, 0) is 7.05 Å². The number of amides is 1. The number of carbonyl (C=O) groups is 1. The Morgan fingerprint density at radius 1 is 1.24 bits per heavy atom. The molecule has 2 aliphatic rings. The number of aryl methyl sites for hydroxylation is 1. The highest BCUT2D eigenvalue weighted by Crippen LogP contribution is 2.27. The molecule has 2 saturated heterocycles. The van der Waals surface area contributed by atoms with E-state index in [4.69, 9.17) is 0 Å². The molecule has 2 fully saturated rings. The number of nitrogens with one attached hydrogen (secondary N) is 2. The number of aromatic nitrogens is 4. The van der Waals surface area contributed by atoms with Crippen molar-refractivity contribution in [1.82, 2.24) is 24.7 Å². The molecule has 0 saturated carbocycles. The maximum absolute atomic E-state index is 13.2. The van der Waals surface area contributed by atoms with Crippen molar-refractivity contribution < 1.29 is 13.6 Å². The highest BCUT2D eigenvalue weighted by atomic mass is 19.3. The van der Waals surface area contributed by atoms with Crippen LogP contribution in [0.5, 0.6) is 0 Å². The first kappa shape index (κ1) is 18.0. The number of piperidine rings is 1. The van der Waals surface area contributed by atoms with Crippen LogP contribution in [0, 0.1) is 5.92 Å². The topological polar surface area (TPSA) is 79.5 Å². The molecular formula is C19H21F2N7O. The fraction of sp³-hybridized carbons (Fsp3) is 0.421. The summed E-state index contributed by atoms with van der Waals surface area (Å²) in [6.07, 6.45) is -0.221. The number of carbonyl (C=O) groups excluding carboxylic acids is 1. The Morgan fingerprint density at radius 2 is 2.07 bits per heavy atom. The molecule has 10 heteroatoms. The van der Waals surface area contributed by atoms with Crippen LogP contribution in [0.4, 0.5) is 20.3 Å². The summed E-state index contributed by atoms with van der Waals surface area (Å²) >= 11 is 0. The summed E-state index contributed by atoms with van der Waals surface area (Å²) in [5.74, 6) is 0.901. The molecule has 2 bridgehead atoms. The Hall–Kier alpha value is -3.01. The first-order valence-electron chi connectivity index (χ1n) is 9.58. The molecule has 2 atom stereocenters. The van der Waals surface area contributed by atoms with Gasteiger partial charge >= 0.3 is 0 Å². The van der Waals surface area contributed by atoms with Gasteiger partial charge in [-0.3, -0.25) is 9.48 Å². The maximum Gasteiger partial charge on any atom is 0.284 e. The summed E-state index contributed by atoms with van der Waals surface area (Å²) < 4.78 is 29.1. The average molecular weight is 401 g/mol. The summed E-state index contributed by atoms with van der Waals surface area (Å²) in [7, 11) is 1.53. The van der Waals surface area contributed by atoms with Gasteiger partial charge in [-0.1, -0.05) is 0 Å². The van der Waals surface area contributed by atoms with Gasteiger partial charge in [-0.15, -0.1) is 5.10 Å². The number of hydrogen-bond donors (Lipinski definition) is 2. The normalized spacial score (nSPS) is 21.3. The molecule has 8 nitrogen and oxygen atoms in total. The summed E-state index contributed by atoms with van der Waals surface area (Å²) in [6.45, 7) is 2.83. The molecule has 1 amide bonds. The van der Waals surface area contributed by atoms with Crippen LogP contribution in [0.15, 0.2) is 30.5 Å². The van der Waals surface area contributed by atoms with Crippen LogP contribution < -0.4 is 15.5 Å². The SMILES string of the molecule is Cn1cc(NC(=O)c2ccc3ccc(N4CC5CNC(C5)C4)nn23)c(C(F)F)n1. The van der Waals surface area contributed by atoms with E-state index in [1.807, 2.05) is 12.1 Å². The van der Waals surface area contributed by atoms with Gasteiger partial charge in [0.05, 0.1) is 11.2 Å². The molecule has 0 aromatic carbocycles. The minimum absolute atomic E-state index is 0.00251. The van der Waals surface area contributed by atoms with Crippen molar-refractivity contribution >= 4 is 22.9 Å². The van der Waals surface area contributed by atoms with Gasteiger partial charge in [0.1, 0.15) is 11.5 Å². The predicted molar refractivity (Wildman–Crippen MR) is 103 cm³/mol. The van der Waals surface area contributed by atoms with E-state index in [1.165, 1.54) is 24.3 Å². The van der Waals surface area contributed by atoms with Crippen molar-refractivity contribution in [3.05, 3.63) is 41.9 Å². The Balaban J connectivity index is 1.44. The van der Waals surface area contributed by atoms with E-state index in [9.17, 15) is 13.6 Å². The third kappa shape index (κ3) is 3.23. The second-order valence-corrected chi connectivity index (χ2v) is 7.72. The van der Waals surface area contributed by atoms with Gasteiger partial charge < -0.3 is 15.5 Å². The van der Waals surface area contributed by atoms with Crippen molar-refractivity contribution in [2.45, 2.75) is 18.9 Å². The van der Waals surface area contributed by atoms with Crippen molar-refractivity contribution in [1.29, 1.82) is 0 Å². The lowest BCUT2D eigenvalue weighted by Gasteiger charge is -2.31. The number of rotatable bonds is 4. The molecule has 3 aromatic heterocycles. The van der Waals surface area contributed by atoms with Crippen LogP contribution in [0.3, 0.4) is 0 Å². The zero-order valence-corrected chi connectivity index (χ0v) is 15.8. The fourth-order valence-corrected chi connectivity index (χ4v) is 4.29. The molecule has 2 aliphatic heterocycles. The highest BCUT2D eigenvalue weighted by Gasteiger charge is 2.33. The van der Waals surface area contributed by atoms with Crippen LogP contribution in [0.2, 0.25) is 0 Å². The van der Waals surface area contributed by atoms with Crippen molar-refractivity contribution in [2.75, 3.05) is 29.9 Å². The highest BCUT2D eigenvalue weighted by molar-refractivity contribution is 6.04. The van der Waals surface area contributed by atoms with Crippen molar-refractivity contribution in [3.63, 3.8) is 0 Å². The summed E-state index contributed by atoms with van der Waals surface area (Å²) in [5.41, 5.74) is 0.588. The van der Waals surface area contributed by atoms with Gasteiger partial charge in [-0.2, -0.15) is 5.10 Å². The monoisotopic (exact) mass is 401 g/mol. The first-order valence-corrected chi connectivity index (χ1v) is 9.58. The van der Waals surface area contributed by atoms with Crippen molar-refractivity contribution in [3.8, 4) is 0 Å².